The molecule has 2 saturated carbocycles. The van der Waals surface area contributed by atoms with Gasteiger partial charge in [0.25, 0.3) is 0 Å². The lowest BCUT2D eigenvalue weighted by atomic mass is 9.78. The Kier molecular flexibility index (Phi) is 4.13. The van der Waals surface area contributed by atoms with Crippen molar-refractivity contribution in [1.29, 1.82) is 0 Å². The molecule has 3 aliphatic rings. The Morgan fingerprint density at radius 3 is 2.28 bits per heavy atom. The van der Waals surface area contributed by atoms with E-state index >= 15 is 0 Å². The molecular weight excluding hydrogens is 323 g/mol. The van der Waals surface area contributed by atoms with E-state index in [1.807, 2.05) is 11.0 Å². The van der Waals surface area contributed by atoms with Crippen LogP contribution in [0.5, 0.6) is 0 Å². The number of carbonyl (C=O) groups excluding carboxylic acids is 1. The second kappa shape index (κ2) is 6.32. The van der Waals surface area contributed by atoms with Crippen molar-refractivity contribution in [1.82, 2.24) is 4.90 Å². The number of anilines is 1. The Morgan fingerprint density at radius 1 is 1.00 bits per heavy atom. The van der Waals surface area contributed by atoms with Crippen LogP contribution in [-0.4, -0.2) is 48.1 Å². The van der Waals surface area contributed by atoms with Gasteiger partial charge in [-0.2, -0.15) is 0 Å². The Labute approximate surface area is 146 Å². The molecule has 1 amide bonds. The van der Waals surface area contributed by atoms with Gasteiger partial charge in [-0.25, -0.2) is 4.39 Å². The smallest absolute Gasteiger partial charge is 0.307 e. The molecule has 25 heavy (non-hydrogen) atoms. The number of amides is 1. The number of carbonyl (C=O) groups is 2. The minimum Gasteiger partial charge on any atom is -0.481 e. The molecule has 4 rings (SSSR count). The van der Waals surface area contributed by atoms with E-state index in [-0.39, 0.29) is 29.5 Å². The average molecular weight is 346 g/mol. The van der Waals surface area contributed by atoms with Gasteiger partial charge in [-0.05, 0) is 43.2 Å². The lowest BCUT2D eigenvalue weighted by molar-refractivity contribution is -0.153. The summed E-state index contributed by atoms with van der Waals surface area (Å²) in [7, 11) is 0. The van der Waals surface area contributed by atoms with E-state index in [0.717, 1.165) is 19.3 Å². The first-order chi connectivity index (χ1) is 12.1. The van der Waals surface area contributed by atoms with E-state index in [2.05, 4.69) is 0 Å². The van der Waals surface area contributed by atoms with Crippen molar-refractivity contribution in [2.24, 2.45) is 23.7 Å². The molecule has 5 nitrogen and oxygen atoms in total. The third kappa shape index (κ3) is 2.77. The van der Waals surface area contributed by atoms with Crippen LogP contribution in [0.25, 0.3) is 0 Å². The predicted octanol–water partition coefficient (Wildman–Crippen LogP) is 2.22. The number of rotatable bonds is 3. The highest BCUT2D eigenvalue weighted by molar-refractivity contribution is 5.86. The molecule has 1 saturated heterocycles. The molecule has 0 unspecified atom stereocenters. The molecule has 0 radical (unpaired) electrons. The van der Waals surface area contributed by atoms with E-state index < -0.39 is 11.9 Å². The first-order valence-corrected chi connectivity index (χ1v) is 9.07. The number of aliphatic carboxylic acids is 1. The highest BCUT2D eigenvalue weighted by Crippen LogP contribution is 2.53. The average Bonchev–Trinajstić information content (AvgIpc) is 3.23. The predicted molar refractivity (Wildman–Crippen MR) is 90.6 cm³/mol. The van der Waals surface area contributed by atoms with Gasteiger partial charge in [0.1, 0.15) is 5.82 Å². The highest BCUT2D eigenvalue weighted by Gasteiger charge is 2.54. The fourth-order valence-corrected chi connectivity index (χ4v) is 5.09. The maximum atomic E-state index is 13.9. The zero-order chi connectivity index (χ0) is 17.6. The number of hydrogen-bond acceptors (Lipinski definition) is 3. The summed E-state index contributed by atoms with van der Waals surface area (Å²) in [5.74, 6) is -1.57. The van der Waals surface area contributed by atoms with Crippen LogP contribution in [0, 0.1) is 29.5 Å². The standard InChI is InChI=1S/C19H23FN2O3/c20-14-3-1-2-4-15(14)21-7-9-22(10-8-21)18(23)16-12-5-6-13(11-12)17(16)19(24)25/h1-4,12-13,16-17H,5-11H2,(H,24,25)/t12-,13-,16+,17-/m0/s1. The number of benzene rings is 1. The molecule has 6 heteroatoms. The fourth-order valence-electron chi connectivity index (χ4n) is 5.09. The molecule has 1 aromatic carbocycles. The molecule has 0 aromatic heterocycles. The van der Waals surface area contributed by atoms with Crippen molar-refractivity contribution < 1.29 is 19.1 Å². The van der Waals surface area contributed by atoms with Crippen LogP contribution in [0.4, 0.5) is 10.1 Å². The largest absolute Gasteiger partial charge is 0.481 e. The van der Waals surface area contributed by atoms with Crippen LogP contribution in [0.3, 0.4) is 0 Å². The summed E-state index contributed by atoms with van der Waals surface area (Å²) in [4.78, 5) is 28.4. The van der Waals surface area contributed by atoms with Gasteiger partial charge in [-0.1, -0.05) is 12.1 Å². The van der Waals surface area contributed by atoms with Gasteiger partial charge in [0, 0.05) is 26.2 Å². The first-order valence-electron chi connectivity index (χ1n) is 9.07. The number of halogens is 1. The Hall–Kier alpha value is -2.11. The van der Waals surface area contributed by atoms with Gasteiger partial charge in [0.2, 0.25) is 5.91 Å². The first kappa shape index (κ1) is 16.4. The SMILES string of the molecule is O=C(O)[C@H]1[C@H]2CC[C@@H](C2)[C@H]1C(=O)N1CCN(c2ccccc2F)CC1. The normalized spacial score (nSPS) is 31.4. The molecular formula is C19H23FN2O3. The zero-order valence-corrected chi connectivity index (χ0v) is 14.1. The quantitative estimate of drug-likeness (QED) is 0.912. The van der Waals surface area contributed by atoms with Crippen LogP contribution >= 0.6 is 0 Å². The Morgan fingerprint density at radius 2 is 1.64 bits per heavy atom. The second-order valence-corrected chi connectivity index (χ2v) is 7.49. The van der Waals surface area contributed by atoms with Crippen molar-refractivity contribution in [2.45, 2.75) is 19.3 Å². The molecule has 3 fully saturated rings. The van der Waals surface area contributed by atoms with Crippen LogP contribution in [0.15, 0.2) is 24.3 Å². The maximum Gasteiger partial charge on any atom is 0.307 e. The zero-order valence-electron chi connectivity index (χ0n) is 14.1. The van der Waals surface area contributed by atoms with Crippen LogP contribution in [-0.2, 0) is 9.59 Å². The van der Waals surface area contributed by atoms with E-state index in [0.29, 0.717) is 31.9 Å². The van der Waals surface area contributed by atoms with Crippen molar-refractivity contribution in [3.8, 4) is 0 Å². The molecule has 4 atom stereocenters. The second-order valence-electron chi connectivity index (χ2n) is 7.49. The fraction of sp³-hybridized carbons (Fsp3) is 0.579. The number of carboxylic acid groups (broad SMARTS) is 1. The number of carboxylic acids is 1. The number of piperazine rings is 1. The molecule has 2 bridgehead atoms. The van der Waals surface area contributed by atoms with Gasteiger partial charge in [-0.15, -0.1) is 0 Å². The third-order valence-electron chi connectivity index (χ3n) is 6.27. The van der Waals surface area contributed by atoms with Crippen LogP contribution < -0.4 is 4.90 Å². The van der Waals surface area contributed by atoms with E-state index in [1.54, 1.807) is 17.0 Å². The summed E-state index contributed by atoms with van der Waals surface area (Å²) in [6.07, 6.45) is 2.79. The highest BCUT2D eigenvalue weighted by atomic mass is 19.1. The third-order valence-corrected chi connectivity index (χ3v) is 6.27. The Bertz CT molecular complexity index is 687. The summed E-state index contributed by atoms with van der Waals surface area (Å²) in [6, 6.07) is 6.67. The van der Waals surface area contributed by atoms with Crippen LogP contribution in [0.1, 0.15) is 19.3 Å². The monoisotopic (exact) mass is 346 g/mol. The molecule has 0 spiro atoms. The number of nitrogens with zero attached hydrogens (tertiary/aromatic N) is 2. The minimum atomic E-state index is -0.824. The van der Waals surface area contributed by atoms with E-state index in [1.165, 1.54) is 6.07 Å². The number of hydrogen-bond donors (Lipinski definition) is 1. The summed E-state index contributed by atoms with van der Waals surface area (Å²) in [6.45, 7) is 2.19. The van der Waals surface area contributed by atoms with Crippen molar-refractivity contribution >= 4 is 17.6 Å². The molecule has 1 N–H and O–H groups in total. The maximum absolute atomic E-state index is 13.9. The molecule has 1 heterocycles. The molecule has 1 aromatic rings. The van der Waals surface area contributed by atoms with Crippen LogP contribution in [0.2, 0.25) is 0 Å². The lowest BCUT2D eigenvalue weighted by Crippen LogP contribution is -2.52. The summed E-state index contributed by atoms with van der Waals surface area (Å²) in [5.41, 5.74) is 0.568. The minimum absolute atomic E-state index is 0.00668. The number of para-hydroxylation sites is 1. The van der Waals surface area contributed by atoms with Crippen molar-refractivity contribution in [2.75, 3.05) is 31.1 Å². The molecule has 2 aliphatic carbocycles. The topological polar surface area (TPSA) is 60.9 Å². The lowest BCUT2D eigenvalue weighted by Gasteiger charge is -2.39. The summed E-state index contributed by atoms with van der Waals surface area (Å²) in [5, 5.41) is 9.55. The number of fused-ring (bicyclic) bond motifs is 2. The van der Waals surface area contributed by atoms with E-state index in [4.69, 9.17) is 0 Å². The van der Waals surface area contributed by atoms with Gasteiger partial charge in [0.15, 0.2) is 0 Å². The van der Waals surface area contributed by atoms with Gasteiger partial charge in [-0.3, -0.25) is 9.59 Å². The van der Waals surface area contributed by atoms with Crippen molar-refractivity contribution in [3.63, 3.8) is 0 Å². The summed E-state index contributed by atoms with van der Waals surface area (Å²) >= 11 is 0. The van der Waals surface area contributed by atoms with Gasteiger partial charge < -0.3 is 14.9 Å². The Balaban J connectivity index is 1.43. The summed E-state index contributed by atoms with van der Waals surface area (Å²) < 4.78 is 13.9. The van der Waals surface area contributed by atoms with E-state index in [9.17, 15) is 19.1 Å². The van der Waals surface area contributed by atoms with Gasteiger partial charge in [0.05, 0.1) is 17.5 Å². The van der Waals surface area contributed by atoms with Gasteiger partial charge >= 0.3 is 5.97 Å². The molecule has 1 aliphatic heterocycles. The molecule has 134 valence electrons. The van der Waals surface area contributed by atoms with Crippen molar-refractivity contribution in [3.05, 3.63) is 30.1 Å².